The number of hydrogen-bond donors (Lipinski definition) is 1. The van der Waals surface area contributed by atoms with Gasteiger partial charge in [-0.25, -0.2) is 4.79 Å². The standard InChI is InChI=1S/C16H17ClN2O2/c17-14-9-5-4-8-12(14)15-13(16(20)21)10-19(18-15)11-6-2-1-3-7-11/h4-5,8-11H,1-3,6-7H2,(H,20,21). The first-order valence-electron chi connectivity index (χ1n) is 7.24. The summed E-state index contributed by atoms with van der Waals surface area (Å²) in [4.78, 5) is 11.5. The van der Waals surface area contributed by atoms with E-state index < -0.39 is 5.97 Å². The van der Waals surface area contributed by atoms with Crippen LogP contribution in [0.1, 0.15) is 48.5 Å². The van der Waals surface area contributed by atoms with Crippen LogP contribution in [0.25, 0.3) is 11.3 Å². The Kier molecular flexibility index (Phi) is 3.97. The van der Waals surface area contributed by atoms with E-state index in [1.807, 2.05) is 22.9 Å². The number of benzene rings is 1. The monoisotopic (exact) mass is 304 g/mol. The zero-order valence-corrected chi connectivity index (χ0v) is 12.4. The summed E-state index contributed by atoms with van der Waals surface area (Å²) in [7, 11) is 0. The summed E-state index contributed by atoms with van der Waals surface area (Å²) >= 11 is 6.19. The highest BCUT2D eigenvalue weighted by Crippen LogP contribution is 2.33. The van der Waals surface area contributed by atoms with Crippen molar-refractivity contribution in [2.75, 3.05) is 0 Å². The molecule has 0 aliphatic heterocycles. The highest BCUT2D eigenvalue weighted by atomic mass is 35.5. The Labute approximate surface area is 128 Å². The third kappa shape index (κ3) is 2.81. The maximum atomic E-state index is 11.5. The van der Waals surface area contributed by atoms with Gasteiger partial charge in [-0.15, -0.1) is 0 Å². The second-order valence-corrected chi connectivity index (χ2v) is 5.86. The van der Waals surface area contributed by atoms with Gasteiger partial charge in [-0.05, 0) is 18.9 Å². The Balaban J connectivity index is 2.05. The van der Waals surface area contributed by atoms with Crippen molar-refractivity contribution in [2.24, 2.45) is 0 Å². The van der Waals surface area contributed by atoms with E-state index in [2.05, 4.69) is 5.10 Å². The second kappa shape index (κ2) is 5.90. The number of rotatable bonds is 3. The van der Waals surface area contributed by atoms with Crippen molar-refractivity contribution in [3.63, 3.8) is 0 Å². The molecule has 5 heteroatoms. The molecule has 1 aromatic carbocycles. The van der Waals surface area contributed by atoms with Crippen LogP contribution in [0.4, 0.5) is 0 Å². The molecule has 4 nitrogen and oxygen atoms in total. The predicted octanol–water partition coefficient (Wildman–Crippen LogP) is 4.41. The van der Waals surface area contributed by atoms with Crippen molar-refractivity contribution < 1.29 is 9.90 Å². The molecule has 1 saturated carbocycles. The van der Waals surface area contributed by atoms with E-state index in [0.29, 0.717) is 22.3 Å². The molecule has 0 atom stereocenters. The van der Waals surface area contributed by atoms with Crippen LogP contribution in [-0.2, 0) is 0 Å². The van der Waals surface area contributed by atoms with Crippen molar-refractivity contribution in [1.29, 1.82) is 0 Å². The molecular weight excluding hydrogens is 288 g/mol. The molecule has 0 amide bonds. The number of aromatic carboxylic acids is 1. The fraction of sp³-hybridized carbons (Fsp3) is 0.375. The van der Waals surface area contributed by atoms with Gasteiger partial charge in [-0.3, -0.25) is 4.68 Å². The topological polar surface area (TPSA) is 55.1 Å². The number of carboxylic acid groups (broad SMARTS) is 1. The van der Waals surface area contributed by atoms with Gasteiger partial charge in [0.1, 0.15) is 11.3 Å². The van der Waals surface area contributed by atoms with Crippen LogP contribution in [0.15, 0.2) is 30.5 Å². The first kappa shape index (κ1) is 14.1. The van der Waals surface area contributed by atoms with Gasteiger partial charge in [0.05, 0.1) is 11.1 Å². The van der Waals surface area contributed by atoms with E-state index in [1.54, 1.807) is 12.3 Å². The first-order valence-corrected chi connectivity index (χ1v) is 7.62. The van der Waals surface area contributed by atoms with Gasteiger partial charge < -0.3 is 5.11 Å². The number of aromatic nitrogens is 2. The summed E-state index contributed by atoms with van der Waals surface area (Å²) in [6, 6.07) is 7.52. The number of hydrogen-bond acceptors (Lipinski definition) is 2. The minimum absolute atomic E-state index is 0.216. The molecule has 0 saturated heterocycles. The van der Waals surface area contributed by atoms with Crippen molar-refractivity contribution in [3.8, 4) is 11.3 Å². The lowest BCUT2D eigenvalue weighted by atomic mass is 9.96. The summed E-state index contributed by atoms with van der Waals surface area (Å²) in [5.41, 5.74) is 1.35. The SMILES string of the molecule is O=C(O)c1cn(C2CCCCC2)nc1-c1ccccc1Cl. The molecule has 0 spiro atoms. The van der Waals surface area contributed by atoms with Crippen LogP contribution in [0, 0.1) is 0 Å². The third-order valence-corrected chi connectivity index (χ3v) is 4.37. The van der Waals surface area contributed by atoms with Crippen LogP contribution in [-0.4, -0.2) is 20.9 Å². The molecule has 1 aliphatic rings. The Hall–Kier alpha value is -1.81. The minimum Gasteiger partial charge on any atom is -0.478 e. The number of carboxylic acids is 1. The Morgan fingerprint density at radius 3 is 2.62 bits per heavy atom. The van der Waals surface area contributed by atoms with E-state index in [1.165, 1.54) is 19.3 Å². The van der Waals surface area contributed by atoms with Crippen LogP contribution in [0.3, 0.4) is 0 Å². The highest BCUT2D eigenvalue weighted by molar-refractivity contribution is 6.33. The lowest BCUT2D eigenvalue weighted by Crippen LogP contribution is -2.13. The van der Waals surface area contributed by atoms with Gasteiger partial charge in [0.15, 0.2) is 0 Å². The van der Waals surface area contributed by atoms with Crippen LogP contribution >= 0.6 is 11.6 Å². The van der Waals surface area contributed by atoms with Crippen molar-refractivity contribution in [2.45, 2.75) is 38.1 Å². The molecule has 1 fully saturated rings. The van der Waals surface area contributed by atoms with E-state index >= 15 is 0 Å². The Bertz CT molecular complexity index is 660. The summed E-state index contributed by atoms with van der Waals surface area (Å²) in [6.45, 7) is 0. The van der Waals surface area contributed by atoms with Crippen LogP contribution < -0.4 is 0 Å². The number of nitrogens with zero attached hydrogens (tertiary/aromatic N) is 2. The summed E-state index contributed by atoms with van der Waals surface area (Å²) in [6.07, 6.45) is 7.37. The Morgan fingerprint density at radius 1 is 1.24 bits per heavy atom. The van der Waals surface area contributed by atoms with Crippen LogP contribution in [0.5, 0.6) is 0 Å². The molecule has 1 heterocycles. The smallest absolute Gasteiger partial charge is 0.339 e. The van der Waals surface area contributed by atoms with Gasteiger partial charge >= 0.3 is 5.97 Å². The molecule has 110 valence electrons. The number of carbonyl (C=O) groups is 1. The van der Waals surface area contributed by atoms with Crippen LogP contribution in [0.2, 0.25) is 5.02 Å². The fourth-order valence-electron chi connectivity index (χ4n) is 2.93. The molecule has 0 bridgehead atoms. The average molecular weight is 305 g/mol. The van der Waals surface area contributed by atoms with E-state index in [-0.39, 0.29) is 5.56 Å². The molecule has 1 aromatic heterocycles. The maximum absolute atomic E-state index is 11.5. The molecule has 1 aliphatic carbocycles. The van der Waals surface area contributed by atoms with Gasteiger partial charge in [0.25, 0.3) is 0 Å². The molecule has 0 unspecified atom stereocenters. The number of halogens is 1. The maximum Gasteiger partial charge on any atom is 0.339 e. The molecular formula is C16H17ClN2O2. The quantitative estimate of drug-likeness (QED) is 0.914. The zero-order valence-electron chi connectivity index (χ0n) is 11.6. The van der Waals surface area contributed by atoms with Gasteiger partial charge in [0, 0.05) is 11.8 Å². The molecule has 2 aromatic rings. The zero-order chi connectivity index (χ0) is 14.8. The predicted molar refractivity (Wildman–Crippen MR) is 81.8 cm³/mol. The minimum atomic E-state index is -0.966. The van der Waals surface area contributed by atoms with Gasteiger partial charge in [0.2, 0.25) is 0 Å². The van der Waals surface area contributed by atoms with E-state index in [4.69, 9.17) is 11.6 Å². The molecule has 0 radical (unpaired) electrons. The van der Waals surface area contributed by atoms with Gasteiger partial charge in [-0.1, -0.05) is 49.1 Å². The summed E-state index contributed by atoms with van der Waals surface area (Å²) in [5.74, 6) is -0.966. The average Bonchev–Trinajstić information content (AvgIpc) is 2.94. The van der Waals surface area contributed by atoms with Crippen molar-refractivity contribution in [3.05, 3.63) is 41.0 Å². The molecule has 1 N–H and O–H groups in total. The second-order valence-electron chi connectivity index (χ2n) is 5.45. The van der Waals surface area contributed by atoms with Crippen molar-refractivity contribution in [1.82, 2.24) is 9.78 Å². The largest absolute Gasteiger partial charge is 0.478 e. The highest BCUT2D eigenvalue weighted by Gasteiger charge is 2.23. The Morgan fingerprint density at radius 2 is 1.95 bits per heavy atom. The van der Waals surface area contributed by atoms with Gasteiger partial charge in [-0.2, -0.15) is 5.10 Å². The summed E-state index contributed by atoms with van der Waals surface area (Å²) < 4.78 is 1.82. The van der Waals surface area contributed by atoms with E-state index in [9.17, 15) is 9.90 Å². The molecule has 21 heavy (non-hydrogen) atoms. The third-order valence-electron chi connectivity index (χ3n) is 4.04. The first-order chi connectivity index (χ1) is 10.2. The lowest BCUT2D eigenvalue weighted by Gasteiger charge is -2.21. The molecule has 3 rings (SSSR count). The van der Waals surface area contributed by atoms with E-state index in [0.717, 1.165) is 12.8 Å². The lowest BCUT2D eigenvalue weighted by molar-refractivity contribution is 0.0697. The summed E-state index contributed by atoms with van der Waals surface area (Å²) in [5, 5.41) is 14.5. The normalized spacial score (nSPS) is 16.0. The van der Waals surface area contributed by atoms with Crippen molar-refractivity contribution >= 4 is 17.6 Å². The fourth-order valence-corrected chi connectivity index (χ4v) is 3.16.